The van der Waals surface area contributed by atoms with Crippen LogP contribution in [0, 0.1) is 18.3 Å². The van der Waals surface area contributed by atoms with Crippen LogP contribution in [0.15, 0.2) is 83.8 Å². The molecule has 0 radical (unpaired) electrons. The van der Waals surface area contributed by atoms with Crippen LogP contribution in [0.25, 0.3) is 0 Å². The van der Waals surface area contributed by atoms with E-state index in [1.165, 1.54) is 12.1 Å². The van der Waals surface area contributed by atoms with E-state index in [-0.39, 0.29) is 4.90 Å². The molecule has 1 N–H and O–H groups in total. The van der Waals surface area contributed by atoms with Crippen LogP contribution >= 0.6 is 23.2 Å². The lowest BCUT2D eigenvalue weighted by Crippen LogP contribution is -2.40. The van der Waals surface area contributed by atoms with E-state index in [1.54, 1.807) is 66.7 Å². The molecule has 0 fully saturated rings. The number of hydrogen-bond acceptors (Lipinski definition) is 3. The van der Waals surface area contributed by atoms with E-state index in [2.05, 4.69) is 10.8 Å². The van der Waals surface area contributed by atoms with Gasteiger partial charge in [0.15, 0.2) is 4.87 Å². The SMILES string of the molecule is Cc1ccc(S(=O)(=O)N[C@H](c2ccc(Cl)cc2)[C@@](Cl)(C#N)c2ccccc2)cc1. The maximum Gasteiger partial charge on any atom is 0.241 e. The number of aryl methyl sites for hydroxylation is 1. The largest absolute Gasteiger partial charge is 0.241 e. The topological polar surface area (TPSA) is 70.0 Å². The number of hydrogen-bond donors (Lipinski definition) is 1. The van der Waals surface area contributed by atoms with Crippen LogP contribution in [-0.2, 0) is 14.9 Å². The Morgan fingerprint density at radius 1 is 0.966 bits per heavy atom. The molecule has 3 aromatic carbocycles. The first kappa shape index (κ1) is 21.4. The summed E-state index contributed by atoms with van der Waals surface area (Å²) in [7, 11) is -3.95. The second-order valence-corrected chi connectivity index (χ2v) is 9.36. The number of nitrogens with one attached hydrogen (secondary N) is 1. The van der Waals surface area contributed by atoms with Crippen molar-refractivity contribution in [2.75, 3.05) is 0 Å². The van der Waals surface area contributed by atoms with E-state index in [0.29, 0.717) is 16.1 Å². The summed E-state index contributed by atoms with van der Waals surface area (Å²) in [4.78, 5) is -1.58. The molecule has 3 aromatic rings. The van der Waals surface area contributed by atoms with Gasteiger partial charge in [0.1, 0.15) is 0 Å². The maximum absolute atomic E-state index is 13.1. The van der Waals surface area contributed by atoms with Crippen LogP contribution in [0.2, 0.25) is 5.02 Å². The Balaban J connectivity index is 2.12. The molecule has 7 heteroatoms. The number of alkyl halides is 1. The number of nitriles is 1. The molecule has 0 amide bonds. The van der Waals surface area contributed by atoms with E-state index >= 15 is 0 Å². The van der Waals surface area contributed by atoms with Gasteiger partial charge in [-0.15, -0.1) is 0 Å². The molecule has 0 saturated heterocycles. The highest BCUT2D eigenvalue weighted by atomic mass is 35.5. The molecule has 0 aliphatic heterocycles. The average Bonchev–Trinajstić information content (AvgIpc) is 2.73. The molecular formula is C22H18Cl2N2O2S. The summed E-state index contributed by atoms with van der Waals surface area (Å²) in [5, 5.41) is 10.5. The average molecular weight is 445 g/mol. The fourth-order valence-corrected chi connectivity index (χ4v) is 4.70. The normalized spacial score (nSPS) is 14.6. The molecule has 0 bridgehead atoms. The van der Waals surface area contributed by atoms with Gasteiger partial charge in [0.2, 0.25) is 10.0 Å². The Morgan fingerprint density at radius 3 is 2.10 bits per heavy atom. The first-order valence-electron chi connectivity index (χ1n) is 8.76. The molecule has 0 aliphatic rings. The highest BCUT2D eigenvalue weighted by Gasteiger charge is 2.42. The molecule has 0 heterocycles. The van der Waals surface area contributed by atoms with Gasteiger partial charge in [0.05, 0.1) is 17.0 Å². The molecule has 3 rings (SSSR count). The lowest BCUT2D eigenvalue weighted by molar-refractivity contribution is 0.514. The third kappa shape index (κ3) is 4.63. The Hall–Kier alpha value is -2.36. The zero-order chi connectivity index (χ0) is 21.1. The summed E-state index contributed by atoms with van der Waals surface area (Å²) in [6.45, 7) is 1.87. The molecule has 148 valence electrons. The van der Waals surface area contributed by atoms with Gasteiger partial charge in [-0.2, -0.15) is 5.26 Å². The molecular weight excluding hydrogens is 427 g/mol. The smallest absolute Gasteiger partial charge is 0.207 e. The molecule has 0 aromatic heterocycles. The number of rotatable bonds is 6. The van der Waals surface area contributed by atoms with Crippen LogP contribution in [-0.4, -0.2) is 8.42 Å². The minimum atomic E-state index is -3.95. The lowest BCUT2D eigenvalue weighted by atomic mass is 9.88. The van der Waals surface area contributed by atoms with Crippen molar-refractivity contribution in [3.8, 4) is 6.07 Å². The summed E-state index contributed by atoms with van der Waals surface area (Å²) in [6, 6.07) is 22.7. The monoisotopic (exact) mass is 444 g/mol. The fourth-order valence-electron chi connectivity index (χ4n) is 2.95. The molecule has 0 spiro atoms. The van der Waals surface area contributed by atoms with E-state index in [4.69, 9.17) is 23.2 Å². The van der Waals surface area contributed by atoms with Gasteiger partial charge < -0.3 is 0 Å². The van der Waals surface area contributed by atoms with Gasteiger partial charge in [-0.3, -0.25) is 0 Å². The predicted octanol–water partition coefficient (Wildman–Crippen LogP) is 5.33. The standard InChI is InChI=1S/C22H18Cl2N2O2S/c1-16-7-13-20(14-8-16)29(27,28)26-21(17-9-11-19(23)12-10-17)22(24,15-25)18-5-3-2-4-6-18/h2-14,21,26H,1H3/t21-,22-/m1/s1. The molecule has 0 unspecified atom stereocenters. The number of halogens is 2. The van der Waals surface area contributed by atoms with E-state index in [0.717, 1.165) is 5.56 Å². The van der Waals surface area contributed by atoms with Crippen molar-refractivity contribution in [3.63, 3.8) is 0 Å². The van der Waals surface area contributed by atoms with Crippen molar-refractivity contribution in [1.29, 1.82) is 5.26 Å². The third-order valence-corrected chi connectivity index (χ3v) is 6.77. The first-order chi connectivity index (χ1) is 13.8. The van der Waals surface area contributed by atoms with E-state index in [1.807, 2.05) is 6.92 Å². The number of sulfonamides is 1. The third-order valence-electron chi connectivity index (χ3n) is 4.56. The lowest BCUT2D eigenvalue weighted by Gasteiger charge is -2.31. The number of benzene rings is 3. The van der Waals surface area contributed by atoms with Gasteiger partial charge in [0, 0.05) is 5.02 Å². The van der Waals surface area contributed by atoms with Gasteiger partial charge in [-0.25, -0.2) is 13.1 Å². The van der Waals surface area contributed by atoms with Gasteiger partial charge in [-0.05, 0) is 42.3 Å². The Labute approximate surface area is 180 Å². The second-order valence-electron chi connectivity index (χ2n) is 6.61. The Morgan fingerprint density at radius 2 is 1.55 bits per heavy atom. The second kappa shape index (κ2) is 8.56. The molecule has 2 atom stereocenters. The Kier molecular flexibility index (Phi) is 6.30. The quantitative estimate of drug-likeness (QED) is 0.522. The highest BCUT2D eigenvalue weighted by Crippen LogP contribution is 2.42. The molecule has 0 saturated carbocycles. The maximum atomic E-state index is 13.1. The highest BCUT2D eigenvalue weighted by molar-refractivity contribution is 7.89. The van der Waals surface area contributed by atoms with Crippen molar-refractivity contribution in [2.24, 2.45) is 0 Å². The molecule has 29 heavy (non-hydrogen) atoms. The molecule has 0 aliphatic carbocycles. The van der Waals surface area contributed by atoms with E-state index in [9.17, 15) is 13.7 Å². The zero-order valence-corrected chi connectivity index (χ0v) is 17.8. The van der Waals surface area contributed by atoms with Crippen molar-refractivity contribution < 1.29 is 8.42 Å². The summed E-state index contributed by atoms with van der Waals surface area (Å²) >= 11 is 12.8. The van der Waals surface area contributed by atoms with Crippen molar-refractivity contribution in [1.82, 2.24) is 4.72 Å². The summed E-state index contributed by atoms with van der Waals surface area (Å²) < 4.78 is 28.8. The van der Waals surface area contributed by atoms with Crippen molar-refractivity contribution in [2.45, 2.75) is 22.7 Å². The van der Waals surface area contributed by atoms with Crippen LogP contribution in [0.5, 0.6) is 0 Å². The van der Waals surface area contributed by atoms with Gasteiger partial charge >= 0.3 is 0 Å². The van der Waals surface area contributed by atoms with Crippen LogP contribution < -0.4 is 4.72 Å². The fraction of sp³-hybridized carbons (Fsp3) is 0.136. The number of nitrogens with zero attached hydrogens (tertiary/aromatic N) is 1. The molecule has 4 nitrogen and oxygen atoms in total. The zero-order valence-electron chi connectivity index (χ0n) is 15.5. The van der Waals surface area contributed by atoms with Crippen LogP contribution in [0.1, 0.15) is 22.7 Å². The summed E-state index contributed by atoms with van der Waals surface area (Å²) in [6.07, 6.45) is 0. The minimum absolute atomic E-state index is 0.0899. The van der Waals surface area contributed by atoms with Crippen molar-refractivity contribution >= 4 is 33.2 Å². The predicted molar refractivity (Wildman–Crippen MR) is 115 cm³/mol. The van der Waals surface area contributed by atoms with Crippen LogP contribution in [0.4, 0.5) is 0 Å². The van der Waals surface area contributed by atoms with Gasteiger partial charge in [0.25, 0.3) is 0 Å². The van der Waals surface area contributed by atoms with Gasteiger partial charge in [-0.1, -0.05) is 83.4 Å². The van der Waals surface area contributed by atoms with E-state index < -0.39 is 20.9 Å². The Bertz CT molecular complexity index is 1130. The summed E-state index contributed by atoms with van der Waals surface area (Å²) in [5.74, 6) is 0. The summed E-state index contributed by atoms with van der Waals surface area (Å²) in [5.41, 5.74) is 1.94. The van der Waals surface area contributed by atoms with Crippen molar-refractivity contribution in [3.05, 3.63) is 101 Å². The first-order valence-corrected chi connectivity index (χ1v) is 11.0. The minimum Gasteiger partial charge on any atom is -0.207 e. The van der Waals surface area contributed by atoms with Crippen LogP contribution in [0.3, 0.4) is 0 Å².